The lowest BCUT2D eigenvalue weighted by Crippen LogP contribution is -2.42. The Labute approximate surface area is 151 Å². The molecule has 1 aliphatic heterocycles. The minimum absolute atomic E-state index is 0.0639. The topological polar surface area (TPSA) is 102 Å². The van der Waals surface area contributed by atoms with E-state index in [-0.39, 0.29) is 11.5 Å². The van der Waals surface area contributed by atoms with Crippen LogP contribution < -0.4 is 5.32 Å². The molecule has 26 heavy (non-hydrogen) atoms. The quantitative estimate of drug-likeness (QED) is 0.809. The SMILES string of the molecule is Cc1cc(C(=O)O[C@@H](C)C(=O)N[C@@H]2CCS(=O)(=O)C2)c2ccccc2n1. The van der Waals surface area contributed by atoms with Gasteiger partial charge in [0.15, 0.2) is 15.9 Å². The number of aromatic nitrogens is 1. The van der Waals surface area contributed by atoms with Gasteiger partial charge >= 0.3 is 5.97 Å². The standard InChI is InChI=1S/C18H20N2O5S/c1-11-9-15(14-5-3-4-6-16(14)19-11)18(22)25-12(2)17(21)20-13-7-8-26(23,24)10-13/h3-6,9,12-13H,7-8,10H2,1-2H3,(H,20,21)/t12-,13+/m0/s1. The van der Waals surface area contributed by atoms with Crippen LogP contribution in [-0.4, -0.2) is 48.9 Å². The van der Waals surface area contributed by atoms with E-state index in [1.165, 1.54) is 6.92 Å². The minimum Gasteiger partial charge on any atom is -0.449 e. The van der Waals surface area contributed by atoms with Crippen molar-refractivity contribution >= 4 is 32.6 Å². The molecule has 1 aliphatic rings. The van der Waals surface area contributed by atoms with Gasteiger partial charge in [0.1, 0.15) is 0 Å². The summed E-state index contributed by atoms with van der Waals surface area (Å²) < 4.78 is 28.2. The van der Waals surface area contributed by atoms with E-state index in [0.29, 0.717) is 28.6 Å². The van der Waals surface area contributed by atoms with Crippen LogP contribution in [-0.2, 0) is 19.4 Å². The molecular weight excluding hydrogens is 356 g/mol. The van der Waals surface area contributed by atoms with Crippen molar-refractivity contribution in [2.24, 2.45) is 0 Å². The van der Waals surface area contributed by atoms with E-state index < -0.39 is 33.9 Å². The molecule has 2 heterocycles. The van der Waals surface area contributed by atoms with Crippen molar-refractivity contribution in [3.63, 3.8) is 0 Å². The molecule has 0 aliphatic carbocycles. The van der Waals surface area contributed by atoms with Gasteiger partial charge in [0.25, 0.3) is 5.91 Å². The Morgan fingerprint density at radius 1 is 1.31 bits per heavy atom. The van der Waals surface area contributed by atoms with Crippen LogP contribution >= 0.6 is 0 Å². The van der Waals surface area contributed by atoms with E-state index in [9.17, 15) is 18.0 Å². The maximum atomic E-state index is 12.5. The number of amides is 1. The van der Waals surface area contributed by atoms with Crippen LogP contribution in [0.15, 0.2) is 30.3 Å². The summed E-state index contributed by atoms with van der Waals surface area (Å²) >= 11 is 0. The van der Waals surface area contributed by atoms with E-state index in [1.54, 1.807) is 31.2 Å². The number of carbonyl (C=O) groups is 2. The molecule has 7 nitrogen and oxygen atoms in total. The monoisotopic (exact) mass is 376 g/mol. The molecule has 1 amide bonds. The smallest absolute Gasteiger partial charge is 0.339 e. The highest BCUT2D eigenvalue weighted by atomic mass is 32.2. The summed E-state index contributed by atoms with van der Waals surface area (Å²) in [5, 5.41) is 3.28. The van der Waals surface area contributed by atoms with Crippen LogP contribution in [0.1, 0.15) is 29.4 Å². The van der Waals surface area contributed by atoms with Gasteiger partial charge in [0.2, 0.25) is 0 Å². The van der Waals surface area contributed by atoms with Gasteiger partial charge in [-0.2, -0.15) is 0 Å². The fraction of sp³-hybridized carbons (Fsp3) is 0.389. The fourth-order valence-corrected chi connectivity index (χ4v) is 4.65. The van der Waals surface area contributed by atoms with Crippen LogP contribution in [0.5, 0.6) is 0 Å². The summed E-state index contributed by atoms with van der Waals surface area (Å²) in [5.41, 5.74) is 1.69. The highest BCUT2D eigenvalue weighted by Crippen LogP contribution is 2.20. The number of fused-ring (bicyclic) bond motifs is 1. The average Bonchev–Trinajstić information content (AvgIpc) is 2.92. The zero-order chi connectivity index (χ0) is 18.9. The Bertz CT molecular complexity index is 971. The lowest BCUT2D eigenvalue weighted by molar-refractivity contribution is -0.129. The summed E-state index contributed by atoms with van der Waals surface area (Å²) in [6.07, 6.45) is -0.652. The zero-order valence-corrected chi connectivity index (χ0v) is 15.4. The third kappa shape index (κ3) is 4.01. The number of para-hydroxylation sites is 1. The first-order valence-electron chi connectivity index (χ1n) is 8.33. The Balaban J connectivity index is 1.71. The number of pyridine rings is 1. The first kappa shape index (κ1) is 18.3. The van der Waals surface area contributed by atoms with E-state index in [4.69, 9.17) is 4.74 Å². The van der Waals surface area contributed by atoms with Gasteiger partial charge in [-0.25, -0.2) is 13.2 Å². The van der Waals surface area contributed by atoms with Crippen LogP contribution in [0.3, 0.4) is 0 Å². The number of hydrogen-bond acceptors (Lipinski definition) is 6. The van der Waals surface area contributed by atoms with Crippen molar-refractivity contribution in [1.29, 1.82) is 0 Å². The van der Waals surface area contributed by atoms with Gasteiger partial charge < -0.3 is 10.1 Å². The molecule has 2 atom stereocenters. The summed E-state index contributed by atoms with van der Waals surface area (Å²) in [6, 6.07) is 8.39. The van der Waals surface area contributed by atoms with E-state index in [1.807, 2.05) is 6.07 Å². The summed E-state index contributed by atoms with van der Waals surface area (Å²) in [4.78, 5) is 29.1. The Kier molecular flexibility index (Phi) is 4.95. The van der Waals surface area contributed by atoms with Crippen LogP contribution in [0.4, 0.5) is 0 Å². The van der Waals surface area contributed by atoms with Gasteiger partial charge in [-0.05, 0) is 32.4 Å². The van der Waals surface area contributed by atoms with Crippen LogP contribution in [0.25, 0.3) is 10.9 Å². The van der Waals surface area contributed by atoms with Gasteiger partial charge in [-0.1, -0.05) is 18.2 Å². The van der Waals surface area contributed by atoms with Crippen molar-refractivity contribution < 1.29 is 22.7 Å². The maximum absolute atomic E-state index is 12.5. The number of carbonyl (C=O) groups excluding carboxylic acids is 2. The van der Waals surface area contributed by atoms with Gasteiger partial charge in [0, 0.05) is 17.1 Å². The molecule has 1 aromatic heterocycles. The third-order valence-electron chi connectivity index (χ3n) is 4.30. The predicted molar refractivity (Wildman–Crippen MR) is 96.6 cm³/mol. The zero-order valence-electron chi connectivity index (χ0n) is 14.6. The molecule has 0 radical (unpaired) electrons. The van der Waals surface area contributed by atoms with Crippen LogP contribution in [0.2, 0.25) is 0 Å². The molecule has 0 bridgehead atoms. The van der Waals surface area contributed by atoms with Gasteiger partial charge in [-0.15, -0.1) is 0 Å². The first-order chi connectivity index (χ1) is 12.2. The number of nitrogens with zero attached hydrogens (tertiary/aromatic N) is 1. The van der Waals surface area contributed by atoms with Crippen molar-refractivity contribution in [2.75, 3.05) is 11.5 Å². The highest BCUT2D eigenvalue weighted by molar-refractivity contribution is 7.91. The molecule has 1 N–H and O–H groups in total. The second-order valence-electron chi connectivity index (χ2n) is 6.48. The molecule has 8 heteroatoms. The Morgan fingerprint density at radius 2 is 2.04 bits per heavy atom. The number of hydrogen-bond donors (Lipinski definition) is 1. The average molecular weight is 376 g/mol. The lowest BCUT2D eigenvalue weighted by Gasteiger charge is -2.17. The normalized spacial score (nSPS) is 19.8. The molecule has 1 fully saturated rings. The Morgan fingerprint density at radius 3 is 2.73 bits per heavy atom. The number of nitrogens with one attached hydrogen (secondary N) is 1. The van der Waals surface area contributed by atoms with E-state index >= 15 is 0 Å². The molecule has 0 saturated carbocycles. The van der Waals surface area contributed by atoms with E-state index in [0.717, 1.165) is 0 Å². The van der Waals surface area contributed by atoms with Crippen LogP contribution in [0, 0.1) is 6.92 Å². The minimum atomic E-state index is -3.09. The molecule has 0 spiro atoms. The molecule has 138 valence electrons. The second kappa shape index (κ2) is 7.03. The van der Waals surface area contributed by atoms with E-state index in [2.05, 4.69) is 10.3 Å². The maximum Gasteiger partial charge on any atom is 0.339 e. The number of aryl methyl sites for hydroxylation is 1. The van der Waals surface area contributed by atoms with Gasteiger partial charge in [-0.3, -0.25) is 9.78 Å². The predicted octanol–water partition coefficient (Wildman–Crippen LogP) is 1.39. The molecular formula is C18H20N2O5S. The van der Waals surface area contributed by atoms with Crippen molar-refractivity contribution in [3.8, 4) is 0 Å². The van der Waals surface area contributed by atoms with Crippen molar-refractivity contribution in [1.82, 2.24) is 10.3 Å². The summed E-state index contributed by atoms with van der Waals surface area (Å²) in [7, 11) is -3.09. The molecule has 3 rings (SSSR count). The number of sulfone groups is 1. The molecule has 0 unspecified atom stereocenters. The number of ether oxygens (including phenoxy) is 1. The summed E-state index contributed by atoms with van der Waals surface area (Å²) in [5.74, 6) is -1.13. The number of rotatable bonds is 4. The third-order valence-corrected chi connectivity index (χ3v) is 6.06. The molecule has 1 saturated heterocycles. The van der Waals surface area contributed by atoms with Crippen molar-refractivity contribution in [2.45, 2.75) is 32.4 Å². The fourth-order valence-electron chi connectivity index (χ4n) is 2.98. The number of esters is 1. The van der Waals surface area contributed by atoms with Crippen molar-refractivity contribution in [3.05, 3.63) is 41.6 Å². The second-order valence-corrected chi connectivity index (χ2v) is 8.71. The Hall–Kier alpha value is -2.48. The largest absolute Gasteiger partial charge is 0.449 e. The lowest BCUT2D eigenvalue weighted by atomic mass is 10.1. The summed E-state index contributed by atoms with van der Waals surface area (Å²) in [6.45, 7) is 3.24. The van der Waals surface area contributed by atoms with Gasteiger partial charge in [0.05, 0.1) is 22.6 Å². The molecule has 1 aromatic carbocycles. The highest BCUT2D eigenvalue weighted by Gasteiger charge is 2.31. The molecule has 2 aromatic rings. The number of benzene rings is 1. The first-order valence-corrected chi connectivity index (χ1v) is 10.2.